The SMILES string of the molecule is CN(Cc1cn(-c2ccccc2)nc1-c1ccccc1)C(=O)c1ccc(N2CCNC2=O)cc1. The van der Waals surface area contributed by atoms with Crippen LogP contribution in [-0.4, -0.2) is 46.8 Å². The molecule has 3 amide bonds. The van der Waals surface area contributed by atoms with Crippen molar-refractivity contribution in [3.05, 3.63) is 102 Å². The maximum absolute atomic E-state index is 13.2. The Morgan fingerprint density at radius 3 is 2.26 bits per heavy atom. The lowest BCUT2D eigenvalue weighted by Crippen LogP contribution is -2.28. The lowest BCUT2D eigenvalue weighted by molar-refractivity contribution is 0.0785. The minimum atomic E-state index is -0.111. The molecule has 0 saturated carbocycles. The van der Waals surface area contributed by atoms with E-state index in [1.54, 1.807) is 29.0 Å². The first-order valence-electron chi connectivity index (χ1n) is 11.2. The van der Waals surface area contributed by atoms with Crippen molar-refractivity contribution >= 4 is 17.6 Å². The van der Waals surface area contributed by atoms with Gasteiger partial charge in [0.15, 0.2) is 0 Å². The number of benzene rings is 3. The highest BCUT2D eigenvalue weighted by Gasteiger charge is 2.22. The summed E-state index contributed by atoms with van der Waals surface area (Å²) in [6.45, 7) is 1.66. The minimum absolute atomic E-state index is 0.0936. The first kappa shape index (κ1) is 21.5. The van der Waals surface area contributed by atoms with E-state index in [2.05, 4.69) is 5.32 Å². The van der Waals surface area contributed by atoms with E-state index in [4.69, 9.17) is 5.10 Å². The Balaban J connectivity index is 1.39. The zero-order valence-corrected chi connectivity index (χ0v) is 18.9. The van der Waals surface area contributed by atoms with Gasteiger partial charge in [-0.1, -0.05) is 48.5 Å². The topological polar surface area (TPSA) is 70.5 Å². The zero-order valence-electron chi connectivity index (χ0n) is 18.9. The molecule has 0 atom stereocenters. The molecule has 7 nitrogen and oxygen atoms in total. The molecule has 2 heterocycles. The molecule has 1 aromatic heterocycles. The third-order valence-electron chi connectivity index (χ3n) is 5.89. The average molecular weight is 452 g/mol. The number of amides is 3. The summed E-state index contributed by atoms with van der Waals surface area (Å²) in [7, 11) is 1.79. The Labute approximate surface area is 198 Å². The largest absolute Gasteiger partial charge is 0.337 e. The van der Waals surface area contributed by atoms with Crippen LogP contribution in [0, 0.1) is 0 Å². The van der Waals surface area contributed by atoms with E-state index in [1.165, 1.54) is 0 Å². The second-order valence-corrected chi connectivity index (χ2v) is 8.24. The molecule has 1 N–H and O–H groups in total. The number of carbonyl (C=O) groups is 2. The quantitative estimate of drug-likeness (QED) is 0.474. The number of urea groups is 1. The summed E-state index contributed by atoms with van der Waals surface area (Å²) in [5.74, 6) is -0.0936. The van der Waals surface area contributed by atoms with E-state index in [-0.39, 0.29) is 11.9 Å². The van der Waals surface area contributed by atoms with Crippen molar-refractivity contribution in [3.63, 3.8) is 0 Å². The van der Waals surface area contributed by atoms with Crippen LogP contribution in [0.4, 0.5) is 10.5 Å². The third-order valence-corrected chi connectivity index (χ3v) is 5.89. The maximum Gasteiger partial charge on any atom is 0.321 e. The minimum Gasteiger partial charge on any atom is -0.337 e. The number of carbonyl (C=O) groups excluding carboxylic acids is 2. The highest BCUT2D eigenvalue weighted by molar-refractivity contribution is 5.97. The number of nitrogens with one attached hydrogen (secondary N) is 1. The Hall–Kier alpha value is -4.39. The van der Waals surface area contributed by atoms with Gasteiger partial charge in [0, 0.05) is 55.3 Å². The molecule has 34 heavy (non-hydrogen) atoms. The van der Waals surface area contributed by atoms with Gasteiger partial charge in [0.05, 0.1) is 11.4 Å². The van der Waals surface area contributed by atoms with Gasteiger partial charge >= 0.3 is 6.03 Å². The van der Waals surface area contributed by atoms with Crippen LogP contribution in [0.25, 0.3) is 16.9 Å². The van der Waals surface area contributed by atoms with E-state index < -0.39 is 0 Å². The molecule has 7 heteroatoms. The smallest absolute Gasteiger partial charge is 0.321 e. The van der Waals surface area contributed by atoms with Crippen LogP contribution in [0.3, 0.4) is 0 Å². The Bertz CT molecular complexity index is 1300. The lowest BCUT2D eigenvalue weighted by Gasteiger charge is -2.18. The molecule has 0 spiro atoms. The molecule has 1 aliphatic rings. The summed E-state index contributed by atoms with van der Waals surface area (Å²) in [6, 6.07) is 27.0. The summed E-state index contributed by atoms with van der Waals surface area (Å²) in [5.41, 5.74) is 5.12. The molecule has 0 aliphatic carbocycles. The van der Waals surface area contributed by atoms with Gasteiger partial charge in [-0.05, 0) is 36.4 Å². The third kappa shape index (κ3) is 4.28. The zero-order chi connectivity index (χ0) is 23.5. The number of hydrogen-bond donors (Lipinski definition) is 1. The van der Waals surface area contributed by atoms with Gasteiger partial charge in [-0.2, -0.15) is 5.10 Å². The summed E-state index contributed by atoms with van der Waals surface area (Å²) < 4.78 is 1.85. The van der Waals surface area contributed by atoms with Crippen molar-refractivity contribution in [2.24, 2.45) is 0 Å². The summed E-state index contributed by atoms with van der Waals surface area (Å²) in [4.78, 5) is 28.4. The van der Waals surface area contributed by atoms with Crippen molar-refractivity contribution in [3.8, 4) is 16.9 Å². The van der Waals surface area contributed by atoms with Gasteiger partial charge in [0.1, 0.15) is 0 Å². The summed E-state index contributed by atoms with van der Waals surface area (Å²) in [6.07, 6.45) is 1.98. The van der Waals surface area contributed by atoms with Crippen molar-refractivity contribution in [2.45, 2.75) is 6.54 Å². The predicted molar refractivity (Wildman–Crippen MR) is 132 cm³/mol. The van der Waals surface area contributed by atoms with Gasteiger partial charge in [-0.15, -0.1) is 0 Å². The summed E-state index contributed by atoms with van der Waals surface area (Å²) >= 11 is 0. The molecular weight excluding hydrogens is 426 g/mol. The van der Waals surface area contributed by atoms with E-state index in [1.807, 2.05) is 83.7 Å². The number of para-hydroxylation sites is 1. The Morgan fingerprint density at radius 1 is 0.941 bits per heavy atom. The van der Waals surface area contributed by atoms with Crippen molar-refractivity contribution in [1.82, 2.24) is 20.0 Å². The first-order valence-corrected chi connectivity index (χ1v) is 11.2. The van der Waals surface area contributed by atoms with E-state index in [9.17, 15) is 9.59 Å². The van der Waals surface area contributed by atoms with Crippen molar-refractivity contribution in [1.29, 1.82) is 0 Å². The molecule has 0 radical (unpaired) electrons. The van der Waals surface area contributed by atoms with E-state index in [0.717, 1.165) is 28.2 Å². The normalized spacial score (nSPS) is 13.1. The van der Waals surface area contributed by atoms with Gasteiger partial charge < -0.3 is 10.2 Å². The van der Waals surface area contributed by atoms with Crippen molar-refractivity contribution in [2.75, 3.05) is 25.0 Å². The second kappa shape index (κ2) is 9.23. The Kier molecular flexibility index (Phi) is 5.82. The predicted octanol–water partition coefficient (Wildman–Crippen LogP) is 4.34. The van der Waals surface area contributed by atoms with Gasteiger partial charge in [0.25, 0.3) is 5.91 Å². The standard InChI is InChI=1S/C27H25N5O2/c1-30(26(33)21-12-14-23(15-13-21)31-17-16-28-27(31)34)18-22-19-32(24-10-6-3-7-11-24)29-25(22)20-8-4-2-5-9-20/h2-15,19H,16-18H2,1H3,(H,28,34). The number of nitrogens with zero attached hydrogens (tertiary/aromatic N) is 4. The number of rotatable bonds is 6. The lowest BCUT2D eigenvalue weighted by atomic mass is 10.1. The van der Waals surface area contributed by atoms with Crippen molar-refractivity contribution < 1.29 is 9.59 Å². The van der Waals surface area contributed by atoms with Gasteiger partial charge in [-0.25, -0.2) is 9.48 Å². The van der Waals surface area contributed by atoms with Crippen LogP contribution in [0.5, 0.6) is 0 Å². The first-order chi connectivity index (χ1) is 16.6. The molecule has 170 valence electrons. The fourth-order valence-corrected chi connectivity index (χ4v) is 4.13. The molecule has 1 saturated heterocycles. The molecule has 1 fully saturated rings. The van der Waals surface area contributed by atoms with E-state index >= 15 is 0 Å². The highest BCUT2D eigenvalue weighted by Crippen LogP contribution is 2.25. The Morgan fingerprint density at radius 2 is 1.62 bits per heavy atom. The number of aromatic nitrogens is 2. The maximum atomic E-state index is 13.2. The monoisotopic (exact) mass is 451 g/mol. The van der Waals surface area contributed by atoms with Gasteiger partial charge in [0.2, 0.25) is 0 Å². The van der Waals surface area contributed by atoms with Crippen LogP contribution < -0.4 is 10.2 Å². The molecule has 1 aliphatic heterocycles. The molecule has 5 rings (SSSR count). The summed E-state index contributed by atoms with van der Waals surface area (Å²) in [5, 5.41) is 7.62. The van der Waals surface area contributed by atoms with Crippen LogP contribution in [0.2, 0.25) is 0 Å². The molecule has 0 unspecified atom stereocenters. The van der Waals surface area contributed by atoms with Crippen LogP contribution >= 0.6 is 0 Å². The van der Waals surface area contributed by atoms with Crippen LogP contribution in [0.15, 0.2) is 91.1 Å². The molecule has 0 bridgehead atoms. The highest BCUT2D eigenvalue weighted by atomic mass is 16.2. The van der Waals surface area contributed by atoms with Crippen LogP contribution in [-0.2, 0) is 6.54 Å². The van der Waals surface area contributed by atoms with Gasteiger partial charge in [-0.3, -0.25) is 9.69 Å². The average Bonchev–Trinajstić information content (AvgIpc) is 3.51. The van der Waals surface area contributed by atoms with Crippen LogP contribution in [0.1, 0.15) is 15.9 Å². The molecular formula is C27H25N5O2. The molecule has 3 aromatic carbocycles. The fourth-order valence-electron chi connectivity index (χ4n) is 4.13. The number of anilines is 1. The molecule has 4 aromatic rings. The fraction of sp³-hybridized carbons (Fsp3) is 0.148. The second-order valence-electron chi connectivity index (χ2n) is 8.24. The number of hydrogen-bond acceptors (Lipinski definition) is 3. The van der Waals surface area contributed by atoms with E-state index in [0.29, 0.717) is 25.2 Å².